The molecular formula is C13H16N2OS. The molecule has 4 heteroatoms. The van der Waals surface area contributed by atoms with E-state index in [1.165, 1.54) is 4.88 Å². The SMILES string of the molecule is Cc1nc(NCCc2ccccc2O)sc1C. The Bertz CT molecular complexity index is 488. The second-order valence-electron chi connectivity index (χ2n) is 3.97. The van der Waals surface area contributed by atoms with Gasteiger partial charge < -0.3 is 10.4 Å². The third-order valence-electron chi connectivity index (χ3n) is 2.69. The zero-order valence-corrected chi connectivity index (χ0v) is 10.8. The molecular weight excluding hydrogens is 232 g/mol. The number of phenolic OH excluding ortho intramolecular Hbond substituents is 1. The molecule has 1 aromatic heterocycles. The molecule has 2 N–H and O–H groups in total. The molecule has 0 atom stereocenters. The number of nitrogens with zero attached hydrogens (tertiary/aromatic N) is 1. The number of thiazole rings is 1. The fourth-order valence-electron chi connectivity index (χ4n) is 1.57. The monoisotopic (exact) mass is 248 g/mol. The molecule has 17 heavy (non-hydrogen) atoms. The van der Waals surface area contributed by atoms with Crippen LogP contribution in [0.3, 0.4) is 0 Å². The number of rotatable bonds is 4. The van der Waals surface area contributed by atoms with Gasteiger partial charge in [0.25, 0.3) is 0 Å². The maximum absolute atomic E-state index is 9.62. The van der Waals surface area contributed by atoms with Crippen molar-refractivity contribution in [3.8, 4) is 5.75 Å². The molecule has 1 heterocycles. The van der Waals surface area contributed by atoms with Crippen LogP contribution in [0.1, 0.15) is 16.1 Å². The zero-order chi connectivity index (χ0) is 12.3. The van der Waals surface area contributed by atoms with Gasteiger partial charge in [0.15, 0.2) is 5.13 Å². The molecule has 0 unspecified atom stereocenters. The van der Waals surface area contributed by atoms with Crippen LogP contribution in [0.5, 0.6) is 5.75 Å². The Morgan fingerprint density at radius 3 is 2.71 bits per heavy atom. The summed E-state index contributed by atoms with van der Waals surface area (Å²) in [6.45, 7) is 4.87. The number of para-hydroxylation sites is 1. The Morgan fingerprint density at radius 1 is 1.29 bits per heavy atom. The molecule has 0 aliphatic heterocycles. The second-order valence-corrected chi connectivity index (χ2v) is 5.17. The van der Waals surface area contributed by atoms with Crippen LogP contribution in [0.2, 0.25) is 0 Å². The Labute approximate surface area is 105 Å². The number of nitrogens with one attached hydrogen (secondary N) is 1. The average molecular weight is 248 g/mol. The molecule has 0 saturated heterocycles. The number of hydrogen-bond donors (Lipinski definition) is 2. The minimum absolute atomic E-state index is 0.362. The van der Waals surface area contributed by atoms with Gasteiger partial charge >= 0.3 is 0 Å². The third kappa shape index (κ3) is 2.97. The normalized spacial score (nSPS) is 10.5. The van der Waals surface area contributed by atoms with Gasteiger partial charge in [0.05, 0.1) is 5.69 Å². The number of hydrogen-bond acceptors (Lipinski definition) is 4. The lowest BCUT2D eigenvalue weighted by Gasteiger charge is -2.04. The van der Waals surface area contributed by atoms with E-state index in [0.717, 1.165) is 29.4 Å². The van der Waals surface area contributed by atoms with Crippen molar-refractivity contribution in [3.63, 3.8) is 0 Å². The first-order valence-corrected chi connectivity index (χ1v) is 6.43. The quantitative estimate of drug-likeness (QED) is 0.873. The summed E-state index contributed by atoms with van der Waals surface area (Å²) in [5.74, 6) is 0.362. The maximum atomic E-state index is 9.62. The molecule has 0 bridgehead atoms. The van der Waals surface area contributed by atoms with Crippen molar-refractivity contribution in [2.24, 2.45) is 0 Å². The van der Waals surface area contributed by atoms with Crippen molar-refractivity contribution in [1.82, 2.24) is 4.98 Å². The highest BCUT2D eigenvalue weighted by molar-refractivity contribution is 7.15. The van der Waals surface area contributed by atoms with Crippen LogP contribution in [0, 0.1) is 13.8 Å². The van der Waals surface area contributed by atoms with Crippen LogP contribution in [0.4, 0.5) is 5.13 Å². The number of aromatic hydroxyl groups is 1. The van der Waals surface area contributed by atoms with Crippen molar-refractivity contribution in [1.29, 1.82) is 0 Å². The summed E-state index contributed by atoms with van der Waals surface area (Å²) in [6, 6.07) is 7.43. The summed E-state index contributed by atoms with van der Waals surface area (Å²) >= 11 is 1.67. The van der Waals surface area contributed by atoms with Gasteiger partial charge in [-0.15, -0.1) is 11.3 Å². The molecule has 2 aromatic rings. The van der Waals surface area contributed by atoms with Crippen molar-refractivity contribution >= 4 is 16.5 Å². The van der Waals surface area contributed by atoms with Gasteiger partial charge in [-0.1, -0.05) is 18.2 Å². The van der Waals surface area contributed by atoms with Gasteiger partial charge in [-0.3, -0.25) is 0 Å². The second kappa shape index (κ2) is 5.19. The fourth-order valence-corrected chi connectivity index (χ4v) is 2.41. The van der Waals surface area contributed by atoms with E-state index in [9.17, 15) is 5.11 Å². The first kappa shape index (κ1) is 11.9. The van der Waals surface area contributed by atoms with Crippen LogP contribution in [-0.4, -0.2) is 16.6 Å². The molecule has 0 fully saturated rings. The van der Waals surface area contributed by atoms with Crippen molar-refractivity contribution in [2.75, 3.05) is 11.9 Å². The molecule has 0 aliphatic rings. The van der Waals surface area contributed by atoms with Crippen LogP contribution in [0.15, 0.2) is 24.3 Å². The standard InChI is InChI=1S/C13H16N2OS/c1-9-10(2)17-13(15-9)14-8-7-11-5-3-4-6-12(11)16/h3-6,16H,7-8H2,1-2H3,(H,14,15). The largest absolute Gasteiger partial charge is 0.508 e. The molecule has 0 saturated carbocycles. The molecule has 3 nitrogen and oxygen atoms in total. The Morgan fingerprint density at radius 2 is 2.06 bits per heavy atom. The summed E-state index contributed by atoms with van der Waals surface area (Å²) < 4.78 is 0. The van der Waals surface area contributed by atoms with Crippen molar-refractivity contribution < 1.29 is 5.11 Å². The lowest BCUT2D eigenvalue weighted by atomic mass is 10.1. The smallest absolute Gasteiger partial charge is 0.183 e. The predicted octanol–water partition coefficient (Wildman–Crippen LogP) is 3.12. The summed E-state index contributed by atoms with van der Waals surface area (Å²) in [5.41, 5.74) is 2.05. The summed E-state index contributed by atoms with van der Waals surface area (Å²) in [4.78, 5) is 5.65. The highest BCUT2D eigenvalue weighted by Crippen LogP contribution is 2.21. The van der Waals surface area contributed by atoms with Gasteiger partial charge in [-0.05, 0) is 31.9 Å². The zero-order valence-electron chi connectivity index (χ0n) is 10.0. The van der Waals surface area contributed by atoms with E-state index in [4.69, 9.17) is 0 Å². The van der Waals surface area contributed by atoms with Crippen molar-refractivity contribution in [3.05, 3.63) is 40.4 Å². The van der Waals surface area contributed by atoms with Gasteiger partial charge in [-0.2, -0.15) is 0 Å². The van der Waals surface area contributed by atoms with Gasteiger partial charge in [0, 0.05) is 11.4 Å². The number of benzene rings is 1. The summed E-state index contributed by atoms with van der Waals surface area (Å²) in [7, 11) is 0. The first-order chi connectivity index (χ1) is 8.16. The number of aryl methyl sites for hydroxylation is 2. The van der Waals surface area contributed by atoms with E-state index in [-0.39, 0.29) is 0 Å². The third-order valence-corrected chi connectivity index (χ3v) is 3.72. The molecule has 0 amide bonds. The molecule has 0 spiro atoms. The van der Waals surface area contributed by atoms with Gasteiger partial charge in [0.1, 0.15) is 5.75 Å². The van der Waals surface area contributed by atoms with E-state index < -0.39 is 0 Å². The lowest BCUT2D eigenvalue weighted by molar-refractivity contribution is 0.468. The molecule has 0 aliphatic carbocycles. The van der Waals surface area contributed by atoms with E-state index >= 15 is 0 Å². The summed E-state index contributed by atoms with van der Waals surface area (Å²) in [6.07, 6.45) is 0.796. The van der Waals surface area contributed by atoms with E-state index in [2.05, 4.69) is 17.2 Å². The van der Waals surface area contributed by atoms with Crippen LogP contribution in [-0.2, 0) is 6.42 Å². The fraction of sp³-hybridized carbons (Fsp3) is 0.308. The minimum atomic E-state index is 0.362. The van der Waals surface area contributed by atoms with Crippen LogP contribution >= 0.6 is 11.3 Å². The van der Waals surface area contributed by atoms with Gasteiger partial charge in [-0.25, -0.2) is 4.98 Å². The Balaban J connectivity index is 1.90. The maximum Gasteiger partial charge on any atom is 0.183 e. The minimum Gasteiger partial charge on any atom is -0.508 e. The Hall–Kier alpha value is -1.55. The molecule has 0 radical (unpaired) electrons. The Kier molecular flexibility index (Phi) is 3.64. The van der Waals surface area contributed by atoms with E-state index in [1.54, 1.807) is 17.4 Å². The number of anilines is 1. The topological polar surface area (TPSA) is 45.2 Å². The highest BCUT2D eigenvalue weighted by Gasteiger charge is 2.03. The summed E-state index contributed by atoms with van der Waals surface area (Å²) in [5, 5.41) is 13.8. The number of aromatic nitrogens is 1. The molecule has 1 aromatic carbocycles. The van der Waals surface area contributed by atoms with Crippen LogP contribution in [0.25, 0.3) is 0 Å². The molecule has 2 rings (SSSR count). The highest BCUT2D eigenvalue weighted by atomic mass is 32.1. The van der Waals surface area contributed by atoms with Crippen molar-refractivity contribution in [2.45, 2.75) is 20.3 Å². The van der Waals surface area contributed by atoms with Crippen LogP contribution < -0.4 is 5.32 Å². The number of phenols is 1. The first-order valence-electron chi connectivity index (χ1n) is 5.61. The van der Waals surface area contributed by atoms with E-state index in [0.29, 0.717) is 5.75 Å². The molecule has 90 valence electrons. The predicted molar refractivity (Wildman–Crippen MR) is 71.9 cm³/mol. The van der Waals surface area contributed by atoms with E-state index in [1.807, 2.05) is 25.1 Å². The van der Waals surface area contributed by atoms with Gasteiger partial charge in [0.2, 0.25) is 0 Å². The average Bonchev–Trinajstić information content (AvgIpc) is 2.61. The lowest BCUT2D eigenvalue weighted by Crippen LogP contribution is -2.04.